The molecule has 170 valence electrons. The summed E-state index contributed by atoms with van der Waals surface area (Å²) in [6, 6.07) is 20.6. The third-order valence-corrected chi connectivity index (χ3v) is 5.24. The molecular weight excluding hydrogens is 422 g/mol. The van der Waals surface area contributed by atoms with Gasteiger partial charge in [0, 0.05) is 30.8 Å². The Bertz CT molecular complexity index is 1160. The Hall–Kier alpha value is -4.20. The second-order valence-corrected chi connectivity index (χ2v) is 7.55. The molecule has 0 aromatic heterocycles. The number of anilines is 1. The van der Waals surface area contributed by atoms with Crippen molar-refractivity contribution in [3.8, 4) is 5.75 Å². The maximum absolute atomic E-state index is 13.6. The molecule has 0 saturated carbocycles. The number of benzene rings is 3. The van der Waals surface area contributed by atoms with Crippen LogP contribution < -0.4 is 10.1 Å². The van der Waals surface area contributed by atoms with Gasteiger partial charge in [0.05, 0.1) is 18.1 Å². The quantitative estimate of drug-likeness (QED) is 0.388. The molecule has 0 saturated heterocycles. The summed E-state index contributed by atoms with van der Waals surface area (Å²) in [6.45, 7) is 3.61. The summed E-state index contributed by atoms with van der Waals surface area (Å²) in [5.74, 6) is -0.466. The van der Waals surface area contributed by atoms with Gasteiger partial charge >= 0.3 is 5.69 Å². The molecule has 3 aromatic rings. The number of nitrogens with one attached hydrogen (secondary N) is 1. The molecule has 0 fully saturated rings. The number of rotatable bonds is 8. The van der Waals surface area contributed by atoms with Gasteiger partial charge in [0.2, 0.25) is 5.91 Å². The first kappa shape index (κ1) is 23.5. The van der Waals surface area contributed by atoms with E-state index in [4.69, 9.17) is 4.74 Å². The minimum Gasteiger partial charge on any atom is -0.490 e. The number of nitrogens with zero attached hydrogens (tertiary/aromatic N) is 2. The van der Waals surface area contributed by atoms with Crippen molar-refractivity contribution >= 4 is 23.2 Å². The minimum atomic E-state index is -0.572. The fourth-order valence-electron chi connectivity index (χ4n) is 3.56. The Morgan fingerprint density at radius 2 is 1.79 bits per heavy atom. The molecule has 0 bridgehead atoms. The largest absolute Gasteiger partial charge is 0.490 e. The number of carbonyl (C=O) groups excluding carboxylic acids is 2. The molecule has 0 aliphatic carbocycles. The Morgan fingerprint density at radius 3 is 2.42 bits per heavy atom. The first-order valence-corrected chi connectivity index (χ1v) is 10.3. The molecule has 0 radical (unpaired) electrons. The highest BCUT2D eigenvalue weighted by Gasteiger charge is 2.26. The van der Waals surface area contributed by atoms with Crippen molar-refractivity contribution in [1.29, 1.82) is 0 Å². The third-order valence-electron chi connectivity index (χ3n) is 5.24. The molecule has 0 heterocycles. The zero-order chi connectivity index (χ0) is 24.0. The van der Waals surface area contributed by atoms with Crippen molar-refractivity contribution in [3.63, 3.8) is 0 Å². The molecule has 0 spiro atoms. The summed E-state index contributed by atoms with van der Waals surface area (Å²) in [4.78, 5) is 37.6. The molecule has 2 amide bonds. The van der Waals surface area contributed by atoms with Crippen LogP contribution in [0.1, 0.15) is 41.4 Å². The zero-order valence-electron chi connectivity index (χ0n) is 18.6. The molecule has 0 aliphatic heterocycles. The van der Waals surface area contributed by atoms with Crippen LogP contribution in [-0.4, -0.2) is 28.7 Å². The number of ether oxygens (including phenoxy) is 1. The van der Waals surface area contributed by atoms with Crippen LogP contribution in [-0.2, 0) is 11.3 Å². The standard InChI is InChI=1S/C25H25N3O5/c1-17(20-10-7-11-22(14-20)26-18(2)29)27(16-19-8-5-4-6-9-19)25(30)21-12-13-24(33-3)23(15-21)28(31)32/h4-15,17H,16H2,1-3H3,(H,26,29). The molecule has 1 N–H and O–H groups in total. The zero-order valence-corrected chi connectivity index (χ0v) is 18.6. The lowest BCUT2D eigenvalue weighted by Gasteiger charge is -2.30. The Kier molecular flexibility index (Phi) is 7.40. The fraction of sp³-hybridized carbons (Fsp3) is 0.200. The van der Waals surface area contributed by atoms with Crippen LogP contribution >= 0.6 is 0 Å². The summed E-state index contributed by atoms with van der Waals surface area (Å²) in [7, 11) is 1.34. The van der Waals surface area contributed by atoms with E-state index in [-0.39, 0.29) is 34.9 Å². The van der Waals surface area contributed by atoms with E-state index in [0.717, 1.165) is 11.1 Å². The van der Waals surface area contributed by atoms with Crippen LogP contribution in [0, 0.1) is 10.1 Å². The van der Waals surface area contributed by atoms with E-state index in [1.54, 1.807) is 17.0 Å². The highest BCUT2D eigenvalue weighted by molar-refractivity contribution is 5.95. The van der Waals surface area contributed by atoms with Crippen LogP contribution in [0.5, 0.6) is 5.75 Å². The van der Waals surface area contributed by atoms with E-state index in [0.29, 0.717) is 12.2 Å². The predicted molar refractivity (Wildman–Crippen MR) is 125 cm³/mol. The van der Waals surface area contributed by atoms with Gasteiger partial charge in [-0.15, -0.1) is 0 Å². The number of amides is 2. The number of nitro benzene ring substituents is 1. The van der Waals surface area contributed by atoms with Crippen LogP contribution in [0.3, 0.4) is 0 Å². The average molecular weight is 447 g/mol. The summed E-state index contributed by atoms with van der Waals surface area (Å²) in [5.41, 5.74) is 2.26. The molecule has 1 unspecified atom stereocenters. The van der Waals surface area contributed by atoms with Gasteiger partial charge in [-0.25, -0.2) is 0 Å². The third kappa shape index (κ3) is 5.74. The smallest absolute Gasteiger partial charge is 0.311 e. The number of carbonyl (C=O) groups is 2. The van der Waals surface area contributed by atoms with Crippen molar-refractivity contribution in [2.24, 2.45) is 0 Å². The number of methoxy groups -OCH3 is 1. The van der Waals surface area contributed by atoms with Crippen LogP contribution in [0.2, 0.25) is 0 Å². The number of hydrogen-bond acceptors (Lipinski definition) is 5. The monoisotopic (exact) mass is 447 g/mol. The normalized spacial score (nSPS) is 11.4. The molecule has 33 heavy (non-hydrogen) atoms. The molecule has 8 heteroatoms. The second-order valence-electron chi connectivity index (χ2n) is 7.55. The lowest BCUT2D eigenvalue weighted by atomic mass is 10.0. The Labute approximate surface area is 191 Å². The summed E-state index contributed by atoms with van der Waals surface area (Å²) >= 11 is 0. The summed E-state index contributed by atoms with van der Waals surface area (Å²) in [6.07, 6.45) is 0. The molecule has 1 atom stereocenters. The maximum Gasteiger partial charge on any atom is 0.311 e. The topological polar surface area (TPSA) is 102 Å². The van der Waals surface area contributed by atoms with Crippen LogP contribution in [0.25, 0.3) is 0 Å². The van der Waals surface area contributed by atoms with Crippen molar-refractivity contribution in [2.75, 3.05) is 12.4 Å². The lowest BCUT2D eigenvalue weighted by Crippen LogP contribution is -2.33. The Morgan fingerprint density at radius 1 is 1.06 bits per heavy atom. The number of nitro groups is 1. The molecular formula is C25H25N3O5. The van der Waals surface area contributed by atoms with Crippen LogP contribution in [0.4, 0.5) is 11.4 Å². The van der Waals surface area contributed by atoms with Gasteiger partial charge in [0.15, 0.2) is 5.75 Å². The maximum atomic E-state index is 13.6. The van der Waals surface area contributed by atoms with E-state index in [1.165, 1.54) is 32.2 Å². The van der Waals surface area contributed by atoms with Crippen LogP contribution in [0.15, 0.2) is 72.8 Å². The van der Waals surface area contributed by atoms with E-state index in [1.807, 2.05) is 49.4 Å². The first-order chi connectivity index (χ1) is 15.8. The predicted octanol–water partition coefficient (Wildman–Crippen LogP) is 4.97. The van der Waals surface area contributed by atoms with Gasteiger partial charge in [-0.2, -0.15) is 0 Å². The van der Waals surface area contributed by atoms with Crippen molar-refractivity contribution < 1.29 is 19.2 Å². The van der Waals surface area contributed by atoms with Gasteiger partial charge < -0.3 is 15.0 Å². The summed E-state index contributed by atoms with van der Waals surface area (Å²) < 4.78 is 5.06. The van der Waals surface area contributed by atoms with Gasteiger partial charge in [-0.05, 0) is 42.3 Å². The van der Waals surface area contributed by atoms with Gasteiger partial charge in [0.25, 0.3) is 5.91 Å². The van der Waals surface area contributed by atoms with E-state index >= 15 is 0 Å². The molecule has 0 aliphatic rings. The molecule has 8 nitrogen and oxygen atoms in total. The summed E-state index contributed by atoms with van der Waals surface area (Å²) in [5, 5.41) is 14.2. The van der Waals surface area contributed by atoms with Crippen molar-refractivity contribution in [1.82, 2.24) is 4.90 Å². The van der Waals surface area contributed by atoms with Gasteiger partial charge in [-0.3, -0.25) is 19.7 Å². The SMILES string of the molecule is COc1ccc(C(=O)N(Cc2ccccc2)C(C)c2cccc(NC(C)=O)c2)cc1[N+](=O)[O-]. The lowest BCUT2D eigenvalue weighted by molar-refractivity contribution is -0.385. The molecule has 3 rings (SSSR count). The van der Waals surface area contributed by atoms with Crippen molar-refractivity contribution in [2.45, 2.75) is 26.4 Å². The fourth-order valence-corrected chi connectivity index (χ4v) is 3.56. The number of hydrogen-bond donors (Lipinski definition) is 1. The Balaban J connectivity index is 2.01. The van der Waals surface area contributed by atoms with Gasteiger partial charge in [0.1, 0.15) is 0 Å². The second kappa shape index (κ2) is 10.4. The molecule has 3 aromatic carbocycles. The first-order valence-electron chi connectivity index (χ1n) is 10.3. The van der Waals surface area contributed by atoms with E-state index in [2.05, 4.69) is 5.32 Å². The van der Waals surface area contributed by atoms with Crippen molar-refractivity contribution in [3.05, 3.63) is 99.6 Å². The van der Waals surface area contributed by atoms with Gasteiger partial charge in [-0.1, -0.05) is 42.5 Å². The minimum absolute atomic E-state index is 0.0854. The average Bonchev–Trinajstić information content (AvgIpc) is 2.81. The van der Waals surface area contributed by atoms with E-state index in [9.17, 15) is 19.7 Å². The highest BCUT2D eigenvalue weighted by atomic mass is 16.6. The highest BCUT2D eigenvalue weighted by Crippen LogP contribution is 2.31. The van der Waals surface area contributed by atoms with E-state index < -0.39 is 4.92 Å².